The highest BCUT2D eigenvalue weighted by Crippen LogP contribution is 2.20. The van der Waals surface area contributed by atoms with Crippen LogP contribution >= 0.6 is 0 Å². The van der Waals surface area contributed by atoms with Crippen molar-refractivity contribution in [3.05, 3.63) is 0 Å². The number of carbonyl (C=O) groups excluding carboxylic acids is 2. The lowest BCUT2D eigenvalue weighted by molar-refractivity contribution is -0.161. The second kappa shape index (κ2) is 69.2. The standard InChI is InChI=1S/C72H142O5/c1-3-5-7-9-11-13-15-17-19-21-23-25-27-29-31-32-33-34-35-36-37-38-39-40-41-43-45-47-49-51-53-55-57-59-61-63-65-67-72(75)77-70(68-73)69-76-71(74)66-64-62-60-58-56-54-52-50-48-46-44-42-30-28-26-24-22-20-18-16-14-12-10-8-6-4-2/h70,73H,3-69H2,1-2H3. The van der Waals surface area contributed by atoms with Gasteiger partial charge >= 0.3 is 11.9 Å². The van der Waals surface area contributed by atoms with Crippen LogP contribution in [0.5, 0.6) is 0 Å². The second-order valence-electron chi connectivity index (χ2n) is 25.0. The smallest absolute Gasteiger partial charge is 0.306 e. The summed E-state index contributed by atoms with van der Waals surface area (Å²) in [5, 5.41) is 9.70. The number of esters is 2. The van der Waals surface area contributed by atoms with Crippen LogP contribution in [0.2, 0.25) is 0 Å². The average Bonchev–Trinajstić information content (AvgIpc) is 3.43. The molecule has 5 nitrogen and oxygen atoms in total. The molecule has 0 aliphatic rings. The van der Waals surface area contributed by atoms with Crippen LogP contribution in [0.25, 0.3) is 0 Å². The van der Waals surface area contributed by atoms with Crippen molar-refractivity contribution < 1.29 is 24.2 Å². The number of hydrogen-bond donors (Lipinski definition) is 1. The van der Waals surface area contributed by atoms with Crippen LogP contribution in [0.4, 0.5) is 0 Å². The van der Waals surface area contributed by atoms with Crippen LogP contribution in [0.15, 0.2) is 0 Å². The largest absolute Gasteiger partial charge is 0.462 e. The van der Waals surface area contributed by atoms with Crippen molar-refractivity contribution in [2.75, 3.05) is 13.2 Å². The predicted octanol–water partition coefficient (Wildman–Crippen LogP) is 24.8. The summed E-state index contributed by atoms with van der Waals surface area (Å²) in [4.78, 5) is 24.6. The Bertz CT molecular complexity index is 1090. The molecule has 0 heterocycles. The number of aliphatic hydroxyl groups excluding tert-OH is 1. The van der Waals surface area contributed by atoms with E-state index in [1.165, 1.54) is 372 Å². The van der Waals surface area contributed by atoms with Crippen LogP contribution in [0.1, 0.15) is 431 Å². The van der Waals surface area contributed by atoms with E-state index in [4.69, 9.17) is 9.47 Å². The molecule has 0 aliphatic heterocycles. The fourth-order valence-electron chi connectivity index (χ4n) is 11.7. The lowest BCUT2D eigenvalue weighted by atomic mass is 10.0. The van der Waals surface area contributed by atoms with Crippen molar-refractivity contribution in [2.45, 2.75) is 437 Å². The molecule has 1 atom stereocenters. The quantitative estimate of drug-likeness (QED) is 0.0485. The van der Waals surface area contributed by atoms with Crippen molar-refractivity contribution in [1.29, 1.82) is 0 Å². The Balaban J connectivity index is 3.34. The van der Waals surface area contributed by atoms with E-state index in [0.29, 0.717) is 12.8 Å². The summed E-state index contributed by atoms with van der Waals surface area (Å²) < 4.78 is 10.8. The maximum absolute atomic E-state index is 12.4. The fraction of sp³-hybridized carbons (Fsp3) is 0.972. The van der Waals surface area contributed by atoms with E-state index >= 15 is 0 Å². The SMILES string of the molecule is CCCCCCCCCCCCCCCCCCCCCCCCCCCCCCCCCCCCCCCC(=O)OC(CO)COC(=O)CCCCCCCCCCCCCCCCCCCCCCCCCCCC. The van der Waals surface area contributed by atoms with Crippen molar-refractivity contribution >= 4 is 11.9 Å². The predicted molar refractivity (Wildman–Crippen MR) is 339 cm³/mol. The van der Waals surface area contributed by atoms with E-state index in [1.54, 1.807) is 0 Å². The van der Waals surface area contributed by atoms with E-state index in [1.807, 2.05) is 0 Å². The number of rotatable bonds is 69. The molecule has 460 valence electrons. The molecule has 5 heteroatoms. The number of hydrogen-bond acceptors (Lipinski definition) is 5. The number of ether oxygens (including phenoxy) is 2. The van der Waals surface area contributed by atoms with E-state index in [9.17, 15) is 14.7 Å². The highest BCUT2D eigenvalue weighted by atomic mass is 16.6. The first-order valence-corrected chi connectivity index (χ1v) is 36.1. The molecule has 77 heavy (non-hydrogen) atoms. The van der Waals surface area contributed by atoms with Gasteiger partial charge in [0.1, 0.15) is 6.61 Å². The molecule has 0 saturated carbocycles. The normalized spacial score (nSPS) is 12.0. The first kappa shape index (κ1) is 75.9. The lowest BCUT2D eigenvalue weighted by Crippen LogP contribution is -2.28. The third-order valence-electron chi connectivity index (χ3n) is 17.2. The lowest BCUT2D eigenvalue weighted by Gasteiger charge is -2.15. The first-order chi connectivity index (χ1) is 38.1. The highest BCUT2D eigenvalue weighted by Gasteiger charge is 2.16. The Hall–Kier alpha value is -1.10. The third-order valence-corrected chi connectivity index (χ3v) is 17.2. The van der Waals surface area contributed by atoms with Gasteiger partial charge in [-0.15, -0.1) is 0 Å². The summed E-state index contributed by atoms with van der Waals surface area (Å²) in [5.74, 6) is -0.558. The summed E-state index contributed by atoms with van der Waals surface area (Å²) in [6.45, 7) is 4.23. The highest BCUT2D eigenvalue weighted by molar-refractivity contribution is 5.70. The third kappa shape index (κ3) is 67.3. The van der Waals surface area contributed by atoms with Crippen molar-refractivity contribution in [3.63, 3.8) is 0 Å². The Morgan fingerprint density at radius 3 is 0.571 bits per heavy atom. The Kier molecular flexibility index (Phi) is 68.2. The molecule has 0 aromatic rings. The molecule has 0 fully saturated rings. The first-order valence-electron chi connectivity index (χ1n) is 36.1. The van der Waals surface area contributed by atoms with E-state index in [-0.39, 0.29) is 25.2 Å². The van der Waals surface area contributed by atoms with Crippen molar-refractivity contribution in [3.8, 4) is 0 Å². The molecule has 1 unspecified atom stereocenters. The van der Waals surface area contributed by atoms with Crippen LogP contribution in [-0.2, 0) is 19.1 Å². The Labute approximate surface area is 484 Å². The molecule has 0 aromatic carbocycles. The van der Waals surface area contributed by atoms with Gasteiger partial charge in [0.15, 0.2) is 6.10 Å². The van der Waals surface area contributed by atoms with Gasteiger partial charge in [0.2, 0.25) is 0 Å². The molecule has 0 aliphatic carbocycles. The summed E-state index contributed by atoms with van der Waals surface area (Å²) in [6, 6.07) is 0. The van der Waals surface area contributed by atoms with Gasteiger partial charge in [0, 0.05) is 12.8 Å². The summed E-state index contributed by atoms with van der Waals surface area (Å²) in [6.07, 6.45) is 87.4. The van der Waals surface area contributed by atoms with Crippen molar-refractivity contribution in [1.82, 2.24) is 0 Å². The molecule has 1 N–H and O–H groups in total. The van der Waals surface area contributed by atoms with Gasteiger partial charge in [0.25, 0.3) is 0 Å². The number of carbonyl (C=O) groups is 2. The van der Waals surface area contributed by atoms with Crippen LogP contribution in [-0.4, -0.2) is 36.4 Å². The average molecular weight is 1090 g/mol. The van der Waals surface area contributed by atoms with E-state index in [0.717, 1.165) is 32.1 Å². The summed E-state index contributed by atoms with van der Waals surface area (Å²) in [5.41, 5.74) is 0. The Morgan fingerprint density at radius 2 is 0.403 bits per heavy atom. The molecule has 0 aromatic heterocycles. The molecular weight excluding hydrogens is 945 g/mol. The molecular formula is C72H142O5. The monoisotopic (exact) mass is 1090 g/mol. The fourth-order valence-corrected chi connectivity index (χ4v) is 11.7. The number of aliphatic hydroxyl groups is 1. The number of unbranched alkanes of at least 4 members (excludes halogenated alkanes) is 61. The van der Waals surface area contributed by atoms with Gasteiger partial charge in [0.05, 0.1) is 6.61 Å². The van der Waals surface area contributed by atoms with Gasteiger partial charge in [-0.2, -0.15) is 0 Å². The molecule has 0 bridgehead atoms. The zero-order chi connectivity index (χ0) is 55.5. The van der Waals surface area contributed by atoms with E-state index in [2.05, 4.69) is 13.8 Å². The summed E-state index contributed by atoms with van der Waals surface area (Å²) in [7, 11) is 0. The maximum Gasteiger partial charge on any atom is 0.306 e. The van der Waals surface area contributed by atoms with Gasteiger partial charge in [-0.3, -0.25) is 9.59 Å². The zero-order valence-corrected chi connectivity index (χ0v) is 53.0. The topological polar surface area (TPSA) is 72.8 Å². The van der Waals surface area contributed by atoms with Gasteiger partial charge < -0.3 is 14.6 Å². The molecule has 0 amide bonds. The van der Waals surface area contributed by atoms with E-state index < -0.39 is 6.10 Å². The second-order valence-corrected chi connectivity index (χ2v) is 25.0. The minimum absolute atomic E-state index is 0.0553. The molecule has 0 saturated heterocycles. The minimum Gasteiger partial charge on any atom is -0.462 e. The zero-order valence-electron chi connectivity index (χ0n) is 53.0. The summed E-state index contributed by atoms with van der Waals surface area (Å²) >= 11 is 0. The molecule has 0 radical (unpaired) electrons. The van der Waals surface area contributed by atoms with Gasteiger partial charge in [-0.1, -0.05) is 406 Å². The molecule has 0 spiro atoms. The van der Waals surface area contributed by atoms with Crippen LogP contribution in [0.3, 0.4) is 0 Å². The minimum atomic E-state index is -0.766. The van der Waals surface area contributed by atoms with Crippen LogP contribution in [0, 0.1) is 0 Å². The van der Waals surface area contributed by atoms with Gasteiger partial charge in [-0.05, 0) is 12.8 Å². The van der Waals surface area contributed by atoms with Gasteiger partial charge in [-0.25, -0.2) is 0 Å². The van der Waals surface area contributed by atoms with Crippen LogP contribution < -0.4 is 0 Å². The van der Waals surface area contributed by atoms with Crippen molar-refractivity contribution in [2.24, 2.45) is 0 Å². The Morgan fingerprint density at radius 1 is 0.247 bits per heavy atom. The molecule has 0 rings (SSSR count). The maximum atomic E-state index is 12.4.